The standard InChI is InChI=1S/C15H25FN2/c1-4-14(17-3)9-7-11-18(5-2)15-10-6-8-13(16)12-15/h6,8,10,12,14,17H,4-5,7,9,11H2,1-3H3. The van der Waals surface area contributed by atoms with Gasteiger partial charge >= 0.3 is 0 Å². The van der Waals surface area contributed by atoms with E-state index < -0.39 is 0 Å². The minimum absolute atomic E-state index is 0.160. The van der Waals surface area contributed by atoms with Gasteiger partial charge in [-0.25, -0.2) is 4.39 Å². The van der Waals surface area contributed by atoms with Crippen LogP contribution in [0, 0.1) is 5.82 Å². The number of nitrogens with zero attached hydrogens (tertiary/aromatic N) is 1. The van der Waals surface area contributed by atoms with Crippen LogP contribution in [-0.4, -0.2) is 26.2 Å². The zero-order valence-electron chi connectivity index (χ0n) is 11.7. The topological polar surface area (TPSA) is 15.3 Å². The van der Waals surface area contributed by atoms with Gasteiger partial charge in [-0.3, -0.25) is 0 Å². The number of halogens is 1. The minimum Gasteiger partial charge on any atom is -0.372 e. The molecule has 0 fully saturated rings. The van der Waals surface area contributed by atoms with Crippen molar-refractivity contribution >= 4 is 5.69 Å². The van der Waals surface area contributed by atoms with Crippen LogP contribution in [0.4, 0.5) is 10.1 Å². The summed E-state index contributed by atoms with van der Waals surface area (Å²) in [5, 5.41) is 3.31. The van der Waals surface area contributed by atoms with E-state index >= 15 is 0 Å². The summed E-state index contributed by atoms with van der Waals surface area (Å²) in [5.74, 6) is -0.160. The zero-order valence-corrected chi connectivity index (χ0v) is 11.7. The molecular weight excluding hydrogens is 227 g/mol. The van der Waals surface area contributed by atoms with Gasteiger partial charge in [0.2, 0.25) is 0 Å². The van der Waals surface area contributed by atoms with E-state index in [2.05, 4.69) is 24.1 Å². The van der Waals surface area contributed by atoms with E-state index in [1.807, 2.05) is 13.1 Å². The average molecular weight is 252 g/mol. The summed E-state index contributed by atoms with van der Waals surface area (Å²) in [4.78, 5) is 2.23. The van der Waals surface area contributed by atoms with Gasteiger partial charge in [-0.2, -0.15) is 0 Å². The molecule has 0 aliphatic rings. The lowest BCUT2D eigenvalue weighted by atomic mass is 10.1. The summed E-state index contributed by atoms with van der Waals surface area (Å²) in [5.41, 5.74) is 0.981. The second-order valence-corrected chi connectivity index (χ2v) is 4.60. The quantitative estimate of drug-likeness (QED) is 0.762. The summed E-state index contributed by atoms with van der Waals surface area (Å²) in [7, 11) is 2.01. The molecule has 1 N–H and O–H groups in total. The maximum absolute atomic E-state index is 13.2. The van der Waals surface area contributed by atoms with E-state index in [1.54, 1.807) is 12.1 Å². The van der Waals surface area contributed by atoms with E-state index in [1.165, 1.54) is 12.5 Å². The molecular formula is C15H25FN2. The van der Waals surface area contributed by atoms with E-state index in [0.717, 1.165) is 31.6 Å². The number of benzene rings is 1. The van der Waals surface area contributed by atoms with E-state index in [-0.39, 0.29) is 5.82 Å². The Hall–Kier alpha value is -1.09. The van der Waals surface area contributed by atoms with Crippen LogP contribution in [0.15, 0.2) is 24.3 Å². The minimum atomic E-state index is -0.160. The summed E-state index contributed by atoms with van der Waals surface area (Å²) in [6.07, 6.45) is 3.45. The van der Waals surface area contributed by atoms with Crippen molar-refractivity contribution in [2.24, 2.45) is 0 Å². The number of hydrogen-bond donors (Lipinski definition) is 1. The normalized spacial score (nSPS) is 12.4. The third-order valence-corrected chi connectivity index (χ3v) is 3.44. The van der Waals surface area contributed by atoms with Gasteiger partial charge in [-0.05, 0) is 51.4 Å². The van der Waals surface area contributed by atoms with Crippen LogP contribution < -0.4 is 10.2 Å². The molecule has 0 aliphatic heterocycles. The Morgan fingerprint density at radius 3 is 2.67 bits per heavy atom. The van der Waals surface area contributed by atoms with Gasteiger partial charge in [0.15, 0.2) is 0 Å². The van der Waals surface area contributed by atoms with Crippen molar-refractivity contribution < 1.29 is 4.39 Å². The monoisotopic (exact) mass is 252 g/mol. The number of rotatable bonds is 8. The third-order valence-electron chi connectivity index (χ3n) is 3.44. The Labute approximate surface area is 110 Å². The van der Waals surface area contributed by atoms with Crippen molar-refractivity contribution in [3.63, 3.8) is 0 Å². The molecule has 2 nitrogen and oxygen atoms in total. The number of hydrogen-bond acceptors (Lipinski definition) is 2. The van der Waals surface area contributed by atoms with Gasteiger partial charge in [0, 0.05) is 24.8 Å². The molecule has 0 bridgehead atoms. The fourth-order valence-corrected chi connectivity index (χ4v) is 2.22. The fourth-order valence-electron chi connectivity index (χ4n) is 2.22. The molecule has 0 saturated heterocycles. The van der Waals surface area contributed by atoms with Crippen molar-refractivity contribution in [2.75, 3.05) is 25.0 Å². The second kappa shape index (κ2) is 8.09. The smallest absolute Gasteiger partial charge is 0.125 e. The first-order valence-electron chi connectivity index (χ1n) is 6.89. The highest BCUT2D eigenvalue weighted by atomic mass is 19.1. The maximum atomic E-state index is 13.2. The Morgan fingerprint density at radius 1 is 1.33 bits per heavy atom. The van der Waals surface area contributed by atoms with Gasteiger partial charge in [0.05, 0.1) is 0 Å². The van der Waals surface area contributed by atoms with Gasteiger partial charge < -0.3 is 10.2 Å². The summed E-state index contributed by atoms with van der Waals surface area (Å²) < 4.78 is 13.2. The third kappa shape index (κ3) is 4.65. The molecule has 0 spiro atoms. The van der Waals surface area contributed by atoms with Gasteiger partial charge in [-0.1, -0.05) is 13.0 Å². The van der Waals surface area contributed by atoms with Gasteiger partial charge in [0.1, 0.15) is 5.82 Å². The average Bonchev–Trinajstić information content (AvgIpc) is 2.39. The molecule has 1 unspecified atom stereocenters. The van der Waals surface area contributed by atoms with Crippen LogP contribution in [0.5, 0.6) is 0 Å². The Balaban J connectivity index is 2.47. The van der Waals surface area contributed by atoms with Crippen molar-refractivity contribution in [3.8, 4) is 0 Å². The molecule has 1 atom stereocenters. The van der Waals surface area contributed by atoms with Crippen LogP contribution >= 0.6 is 0 Å². The molecule has 0 saturated carbocycles. The first-order chi connectivity index (χ1) is 8.71. The zero-order chi connectivity index (χ0) is 13.4. The molecule has 0 heterocycles. The first kappa shape index (κ1) is 15.0. The fraction of sp³-hybridized carbons (Fsp3) is 0.600. The number of nitrogens with one attached hydrogen (secondary N) is 1. The molecule has 0 radical (unpaired) electrons. The molecule has 1 rings (SSSR count). The maximum Gasteiger partial charge on any atom is 0.125 e. The lowest BCUT2D eigenvalue weighted by molar-refractivity contribution is 0.490. The Bertz CT molecular complexity index is 337. The van der Waals surface area contributed by atoms with Crippen LogP contribution in [0.3, 0.4) is 0 Å². The molecule has 1 aromatic rings. The summed E-state index contributed by atoms with van der Waals surface area (Å²) in [6.45, 7) is 6.21. The van der Waals surface area contributed by atoms with Crippen molar-refractivity contribution in [1.29, 1.82) is 0 Å². The van der Waals surface area contributed by atoms with Gasteiger partial charge in [-0.15, -0.1) is 0 Å². The molecule has 102 valence electrons. The lowest BCUT2D eigenvalue weighted by Crippen LogP contribution is -2.28. The predicted octanol–water partition coefficient (Wildman–Crippen LogP) is 3.43. The van der Waals surface area contributed by atoms with Crippen molar-refractivity contribution in [1.82, 2.24) is 5.32 Å². The molecule has 1 aromatic carbocycles. The van der Waals surface area contributed by atoms with Crippen molar-refractivity contribution in [3.05, 3.63) is 30.1 Å². The highest BCUT2D eigenvalue weighted by Gasteiger charge is 2.07. The SMILES string of the molecule is CCC(CCCN(CC)c1cccc(F)c1)NC. The van der Waals surface area contributed by atoms with Crippen LogP contribution in [-0.2, 0) is 0 Å². The van der Waals surface area contributed by atoms with Crippen LogP contribution in [0.1, 0.15) is 33.1 Å². The Kier molecular flexibility index (Phi) is 6.73. The summed E-state index contributed by atoms with van der Waals surface area (Å²) >= 11 is 0. The molecule has 0 amide bonds. The summed E-state index contributed by atoms with van der Waals surface area (Å²) in [6, 6.07) is 7.44. The molecule has 0 aromatic heterocycles. The largest absolute Gasteiger partial charge is 0.372 e. The molecule has 18 heavy (non-hydrogen) atoms. The van der Waals surface area contributed by atoms with Crippen LogP contribution in [0.2, 0.25) is 0 Å². The lowest BCUT2D eigenvalue weighted by Gasteiger charge is -2.24. The van der Waals surface area contributed by atoms with E-state index in [9.17, 15) is 4.39 Å². The Morgan fingerprint density at radius 2 is 2.11 bits per heavy atom. The highest BCUT2D eigenvalue weighted by Crippen LogP contribution is 2.16. The second-order valence-electron chi connectivity index (χ2n) is 4.60. The number of anilines is 1. The highest BCUT2D eigenvalue weighted by molar-refractivity contribution is 5.46. The molecule has 3 heteroatoms. The van der Waals surface area contributed by atoms with Crippen molar-refractivity contribution in [2.45, 2.75) is 39.2 Å². The van der Waals surface area contributed by atoms with Crippen LogP contribution in [0.25, 0.3) is 0 Å². The first-order valence-corrected chi connectivity index (χ1v) is 6.89. The molecule has 0 aliphatic carbocycles. The van der Waals surface area contributed by atoms with Gasteiger partial charge in [0.25, 0.3) is 0 Å². The van der Waals surface area contributed by atoms with E-state index in [0.29, 0.717) is 6.04 Å². The predicted molar refractivity (Wildman–Crippen MR) is 76.7 cm³/mol. The van der Waals surface area contributed by atoms with E-state index in [4.69, 9.17) is 0 Å².